The molecule has 0 bridgehead atoms. The van der Waals surface area contributed by atoms with Crippen LogP contribution >= 0.6 is 0 Å². The lowest BCUT2D eigenvalue weighted by atomic mass is 9.95. The zero-order chi connectivity index (χ0) is 25.8. The highest BCUT2D eigenvalue weighted by Crippen LogP contribution is 2.38. The molecule has 2 aliphatic rings. The van der Waals surface area contributed by atoms with E-state index in [-0.39, 0.29) is 17.6 Å². The lowest BCUT2D eigenvalue weighted by molar-refractivity contribution is -0.135. The average molecular weight is 522 g/mol. The summed E-state index contributed by atoms with van der Waals surface area (Å²) in [6.07, 6.45) is 4.32. The molecule has 1 heterocycles. The Bertz CT molecular complexity index is 1400. The van der Waals surface area contributed by atoms with Crippen LogP contribution in [0, 0.1) is 5.92 Å². The predicted octanol–water partition coefficient (Wildman–Crippen LogP) is 5.03. The van der Waals surface area contributed by atoms with Crippen molar-refractivity contribution in [2.24, 2.45) is 5.92 Å². The topological polar surface area (TPSA) is 90.9 Å². The number of sulfone groups is 1. The van der Waals surface area contributed by atoms with Gasteiger partial charge >= 0.3 is 5.97 Å². The molecule has 0 unspecified atom stereocenters. The van der Waals surface area contributed by atoms with Gasteiger partial charge in [-0.25, -0.2) is 8.42 Å². The number of nitrogens with one attached hydrogen (secondary N) is 1. The zero-order valence-electron chi connectivity index (χ0n) is 20.9. The van der Waals surface area contributed by atoms with Gasteiger partial charge in [0, 0.05) is 42.6 Å². The Balaban J connectivity index is 1.26. The van der Waals surface area contributed by atoms with Crippen LogP contribution in [0.4, 0.5) is 5.69 Å². The number of hydrogen-bond acceptors (Lipinski definition) is 7. The van der Waals surface area contributed by atoms with Crippen molar-refractivity contribution in [3.05, 3.63) is 71.8 Å². The van der Waals surface area contributed by atoms with Crippen LogP contribution in [-0.4, -0.2) is 39.6 Å². The Morgan fingerprint density at radius 3 is 2.70 bits per heavy atom. The number of carbonyl (C=O) groups is 1. The van der Waals surface area contributed by atoms with E-state index >= 15 is 0 Å². The molecule has 0 radical (unpaired) electrons. The van der Waals surface area contributed by atoms with Crippen LogP contribution in [0.25, 0.3) is 11.1 Å². The summed E-state index contributed by atoms with van der Waals surface area (Å²) in [7, 11) is -3.00. The van der Waals surface area contributed by atoms with Gasteiger partial charge in [-0.2, -0.15) is 0 Å². The first-order valence-electron chi connectivity index (χ1n) is 12.6. The van der Waals surface area contributed by atoms with Crippen LogP contribution in [0.3, 0.4) is 0 Å². The Kier molecular flexibility index (Phi) is 7.37. The van der Waals surface area contributed by atoms with Gasteiger partial charge in [0.15, 0.2) is 0 Å². The maximum atomic E-state index is 12.0. The van der Waals surface area contributed by atoms with Crippen LogP contribution in [-0.2, 0) is 27.6 Å². The monoisotopic (exact) mass is 521 g/mol. The van der Waals surface area contributed by atoms with Gasteiger partial charge in [-0.15, -0.1) is 0 Å². The molecule has 7 nitrogen and oxygen atoms in total. The van der Waals surface area contributed by atoms with Gasteiger partial charge in [-0.3, -0.25) is 4.79 Å². The molecule has 5 rings (SSSR count). The van der Waals surface area contributed by atoms with E-state index in [0.29, 0.717) is 37.7 Å². The van der Waals surface area contributed by atoms with Crippen molar-refractivity contribution in [2.75, 3.05) is 30.5 Å². The highest BCUT2D eigenvalue weighted by atomic mass is 32.2. The fraction of sp³-hybridized carbons (Fsp3) is 0.345. The Morgan fingerprint density at radius 2 is 1.89 bits per heavy atom. The molecule has 0 atom stereocenters. The number of fused-ring (bicyclic) bond motifs is 3. The molecule has 1 aliphatic carbocycles. The van der Waals surface area contributed by atoms with Gasteiger partial charge in [-0.05, 0) is 66.3 Å². The largest absolute Gasteiger partial charge is 0.493 e. The molecule has 1 saturated carbocycles. The van der Waals surface area contributed by atoms with Gasteiger partial charge < -0.3 is 19.5 Å². The summed E-state index contributed by atoms with van der Waals surface area (Å²) < 4.78 is 39.9. The number of benzene rings is 3. The highest BCUT2D eigenvalue weighted by Gasteiger charge is 2.31. The molecule has 0 amide bonds. The third kappa shape index (κ3) is 6.83. The lowest BCUT2D eigenvalue weighted by Crippen LogP contribution is -2.10. The number of ether oxygens (including phenoxy) is 3. The molecule has 0 aromatic heterocycles. The van der Waals surface area contributed by atoms with Crippen LogP contribution in [0.5, 0.6) is 17.2 Å². The second-order valence-corrected chi connectivity index (χ2v) is 11.9. The molecule has 37 heavy (non-hydrogen) atoms. The zero-order valence-corrected chi connectivity index (χ0v) is 21.7. The highest BCUT2D eigenvalue weighted by molar-refractivity contribution is 7.90. The van der Waals surface area contributed by atoms with Crippen molar-refractivity contribution in [3.63, 3.8) is 0 Å². The normalized spacial score (nSPS) is 14.5. The van der Waals surface area contributed by atoms with E-state index in [4.69, 9.17) is 14.2 Å². The molecular formula is C29H31NO6S. The van der Waals surface area contributed by atoms with Crippen LogP contribution in [0.15, 0.2) is 60.7 Å². The van der Waals surface area contributed by atoms with Gasteiger partial charge in [0.05, 0.1) is 24.9 Å². The molecule has 194 valence electrons. The van der Waals surface area contributed by atoms with Gasteiger partial charge in [-0.1, -0.05) is 18.2 Å². The Labute approximate surface area is 217 Å². The van der Waals surface area contributed by atoms with E-state index < -0.39 is 9.84 Å². The second-order valence-electron chi connectivity index (χ2n) is 9.66. The van der Waals surface area contributed by atoms with Crippen molar-refractivity contribution in [1.29, 1.82) is 0 Å². The van der Waals surface area contributed by atoms with Crippen molar-refractivity contribution in [2.45, 2.75) is 32.2 Å². The molecule has 1 fully saturated rings. The Hall–Kier alpha value is -3.52. The van der Waals surface area contributed by atoms with Gasteiger partial charge in [0.25, 0.3) is 0 Å². The number of hydrogen-bond donors (Lipinski definition) is 1. The molecule has 3 aromatic carbocycles. The Morgan fingerprint density at radius 1 is 1.03 bits per heavy atom. The smallest absolute Gasteiger partial charge is 0.314 e. The summed E-state index contributed by atoms with van der Waals surface area (Å²) in [6, 6.07) is 19.7. The summed E-state index contributed by atoms with van der Waals surface area (Å²) >= 11 is 0. The standard InChI is InChI=1S/C29H31NO6S/c1-37(32,33)15-3-13-34-24-10-11-26-27-16-20(6-7-21(27)12-14-35-28(26)18-24)19-30-23-4-2-5-25(17-23)36-29(31)22-8-9-22/h2,4-7,10-11,16-18,22,30H,3,8-9,12-15,19H2,1H3. The van der Waals surface area contributed by atoms with E-state index in [1.165, 1.54) is 11.8 Å². The minimum absolute atomic E-state index is 0.0607. The molecule has 3 aromatic rings. The third-order valence-corrected chi connectivity index (χ3v) is 7.46. The van der Waals surface area contributed by atoms with Gasteiger partial charge in [0.2, 0.25) is 0 Å². The predicted molar refractivity (Wildman–Crippen MR) is 143 cm³/mol. The maximum absolute atomic E-state index is 12.0. The van der Waals surface area contributed by atoms with Crippen LogP contribution < -0.4 is 19.5 Å². The number of anilines is 1. The molecule has 1 N–H and O–H groups in total. The van der Waals surface area contributed by atoms with E-state index in [0.717, 1.165) is 47.4 Å². The van der Waals surface area contributed by atoms with Crippen LogP contribution in [0.2, 0.25) is 0 Å². The first-order valence-corrected chi connectivity index (χ1v) is 14.7. The summed E-state index contributed by atoms with van der Waals surface area (Å²) in [6.45, 7) is 1.52. The van der Waals surface area contributed by atoms with E-state index in [2.05, 4.69) is 23.5 Å². The van der Waals surface area contributed by atoms with Crippen molar-refractivity contribution in [1.82, 2.24) is 0 Å². The quantitative estimate of drug-likeness (QED) is 0.227. The fourth-order valence-electron chi connectivity index (χ4n) is 4.31. The first kappa shape index (κ1) is 25.1. The van der Waals surface area contributed by atoms with Crippen molar-refractivity contribution < 1.29 is 27.4 Å². The van der Waals surface area contributed by atoms with E-state index in [1.807, 2.05) is 36.4 Å². The third-order valence-electron chi connectivity index (χ3n) is 6.43. The SMILES string of the molecule is CS(=O)(=O)CCCOc1ccc2c(c1)OCCc1ccc(CNc3cccc(OC(=O)C4CC4)c3)cc1-2. The maximum Gasteiger partial charge on any atom is 0.314 e. The minimum atomic E-state index is -3.00. The average Bonchev–Trinajstić information content (AvgIpc) is 3.72. The second kappa shape index (κ2) is 10.8. The van der Waals surface area contributed by atoms with E-state index in [1.54, 1.807) is 6.07 Å². The molecule has 0 spiro atoms. The summed E-state index contributed by atoms with van der Waals surface area (Å²) in [5.41, 5.74) is 5.36. The number of rotatable bonds is 10. The molecule has 8 heteroatoms. The molecule has 1 aliphatic heterocycles. The number of carbonyl (C=O) groups excluding carboxylic acids is 1. The molecule has 0 saturated heterocycles. The first-order chi connectivity index (χ1) is 17.8. The summed E-state index contributed by atoms with van der Waals surface area (Å²) in [4.78, 5) is 12.0. The van der Waals surface area contributed by atoms with E-state index in [9.17, 15) is 13.2 Å². The fourth-order valence-corrected chi connectivity index (χ4v) is 4.95. The summed E-state index contributed by atoms with van der Waals surface area (Å²) in [5, 5.41) is 3.43. The lowest BCUT2D eigenvalue weighted by Gasteiger charge is -2.14. The number of esters is 1. The van der Waals surface area contributed by atoms with Crippen molar-refractivity contribution >= 4 is 21.5 Å². The minimum Gasteiger partial charge on any atom is -0.493 e. The summed E-state index contributed by atoms with van der Waals surface area (Å²) in [5.74, 6) is 2.00. The van der Waals surface area contributed by atoms with Crippen molar-refractivity contribution in [3.8, 4) is 28.4 Å². The van der Waals surface area contributed by atoms with Crippen LogP contribution in [0.1, 0.15) is 30.4 Å². The van der Waals surface area contributed by atoms with Gasteiger partial charge in [0.1, 0.15) is 27.1 Å². The molecular weight excluding hydrogens is 490 g/mol.